The number of benzene rings is 2. The summed E-state index contributed by atoms with van der Waals surface area (Å²) in [6, 6.07) is 16.5. The van der Waals surface area contributed by atoms with Crippen LogP contribution in [0.15, 0.2) is 54.6 Å². The predicted molar refractivity (Wildman–Crippen MR) is 109 cm³/mol. The van der Waals surface area contributed by atoms with Gasteiger partial charge in [0.2, 0.25) is 5.91 Å². The van der Waals surface area contributed by atoms with E-state index < -0.39 is 18.2 Å². The van der Waals surface area contributed by atoms with Gasteiger partial charge in [-0.05, 0) is 49.6 Å². The Bertz CT molecular complexity index is 867. The Morgan fingerprint density at radius 2 is 1.69 bits per heavy atom. The number of amides is 2. The van der Waals surface area contributed by atoms with Crippen LogP contribution in [0.5, 0.6) is 0 Å². The van der Waals surface area contributed by atoms with Crippen LogP contribution < -0.4 is 10.2 Å². The van der Waals surface area contributed by atoms with Crippen LogP contribution in [0.1, 0.15) is 25.3 Å². The van der Waals surface area contributed by atoms with Crippen LogP contribution in [0, 0.1) is 0 Å². The number of para-hydroxylation sites is 1. The number of ether oxygens (including phenoxy) is 1. The average molecular weight is 396 g/mol. The Morgan fingerprint density at radius 3 is 2.28 bits per heavy atom. The van der Waals surface area contributed by atoms with Gasteiger partial charge < -0.3 is 20.1 Å². The molecule has 2 aromatic carbocycles. The maximum absolute atomic E-state index is 12.7. The van der Waals surface area contributed by atoms with Gasteiger partial charge in [0.1, 0.15) is 6.10 Å². The molecular formula is C22H24N2O5. The van der Waals surface area contributed by atoms with Crippen molar-refractivity contribution in [1.82, 2.24) is 0 Å². The standard InChI is InChI=1S/C22H24N2O5/c1-2-24(17-6-4-3-5-7-17)20(25)14-15-8-10-16(11-9-15)23-21(26)18-12-13-19(29-18)22(27)28/h3-11,18-19H,2,12-14H2,1H3,(H,23,26)(H,27,28)/t18-,19+/m0/s1. The lowest BCUT2D eigenvalue weighted by atomic mass is 10.1. The van der Waals surface area contributed by atoms with Crippen LogP contribution in [0.4, 0.5) is 11.4 Å². The van der Waals surface area contributed by atoms with Crippen molar-refractivity contribution >= 4 is 29.2 Å². The summed E-state index contributed by atoms with van der Waals surface area (Å²) in [7, 11) is 0. The van der Waals surface area contributed by atoms with Gasteiger partial charge in [0.15, 0.2) is 6.10 Å². The van der Waals surface area contributed by atoms with E-state index in [-0.39, 0.29) is 18.2 Å². The SMILES string of the molecule is CCN(C(=O)Cc1ccc(NC(=O)[C@@H]2CC[C@H](C(=O)O)O2)cc1)c1ccccc1. The highest BCUT2D eigenvalue weighted by Gasteiger charge is 2.34. The lowest BCUT2D eigenvalue weighted by Crippen LogP contribution is -2.32. The van der Waals surface area contributed by atoms with Crippen molar-refractivity contribution < 1.29 is 24.2 Å². The van der Waals surface area contributed by atoms with Crippen LogP contribution in [-0.4, -0.2) is 41.6 Å². The van der Waals surface area contributed by atoms with Crippen LogP contribution in [0.25, 0.3) is 0 Å². The Morgan fingerprint density at radius 1 is 1.03 bits per heavy atom. The zero-order chi connectivity index (χ0) is 20.8. The fourth-order valence-corrected chi connectivity index (χ4v) is 3.32. The number of hydrogen-bond acceptors (Lipinski definition) is 4. The first-order chi connectivity index (χ1) is 14.0. The van der Waals surface area contributed by atoms with E-state index in [9.17, 15) is 14.4 Å². The Balaban J connectivity index is 1.56. The van der Waals surface area contributed by atoms with E-state index in [1.165, 1.54) is 0 Å². The molecule has 1 aliphatic rings. The van der Waals surface area contributed by atoms with Gasteiger partial charge in [0.05, 0.1) is 6.42 Å². The smallest absolute Gasteiger partial charge is 0.332 e. The van der Waals surface area contributed by atoms with Crippen molar-refractivity contribution in [3.8, 4) is 0 Å². The van der Waals surface area contributed by atoms with Crippen molar-refractivity contribution in [2.45, 2.75) is 38.4 Å². The number of carbonyl (C=O) groups excluding carboxylic acids is 2. The van der Waals surface area contributed by atoms with Crippen molar-refractivity contribution in [3.05, 3.63) is 60.2 Å². The van der Waals surface area contributed by atoms with Crippen molar-refractivity contribution in [2.24, 2.45) is 0 Å². The van der Waals surface area contributed by atoms with Gasteiger partial charge in [-0.15, -0.1) is 0 Å². The molecule has 0 radical (unpaired) electrons. The number of anilines is 2. The number of rotatable bonds is 7. The quantitative estimate of drug-likeness (QED) is 0.750. The molecule has 0 aromatic heterocycles. The Hall–Kier alpha value is -3.19. The van der Waals surface area contributed by atoms with Gasteiger partial charge in [0.25, 0.3) is 5.91 Å². The van der Waals surface area contributed by atoms with E-state index in [0.29, 0.717) is 25.1 Å². The largest absolute Gasteiger partial charge is 0.479 e. The zero-order valence-electron chi connectivity index (χ0n) is 16.2. The molecule has 29 heavy (non-hydrogen) atoms. The van der Waals surface area contributed by atoms with E-state index in [4.69, 9.17) is 9.84 Å². The summed E-state index contributed by atoms with van der Waals surface area (Å²) in [6.07, 6.45) is -0.735. The van der Waals surface area contributed by atoms with Crippen molar-refractivity contribution in [2.75, 3.05) is 16.8 Å². The number of nitrogens with one attached hydrogen (secondary N) is 1. The lowest BCUT2D eigenvalue weighted by Gasteiger charge is -2.21. The van der Waals surface area contributed by atoms with E-state index in [1.807, 2.05) is 37.3 Å². The summed E-state index contributed by atoms with van der Waals surface area (Å²) in [5.74, 6) is -1.42. The molecule has 2 aromatic rings. The second-order valence-corrected chi connectivity index (χ2v) is 6.87. The number of hydrogen-bond donors (Lipinski definition) is 2. The molecule has 1 heterocycles. The van der Waals surface area contributed by atoms with Gasteiger partial charge in [-0.1, -0.05) is 30.3 Å². The van der Waals surface area contributed by atoms with Crippen LogP contribution >= 0.6 is 0 Å². The minimum Gasteiger partial charge on any atom is -0.479 e. The second-order valence-electron chi connectivity index (χ2n) is 6.87. The number of aliphatic carboxylic acids is 1. The highest BCUT2D eigenvalue weighted by Crippen LogP contribution is 2.22. The molecular weight excluding hydrogens is 372 g/mol. The minimum atomic E-state index is -1.05. The van der Waals surface area contributed by atoms with Gasteiger partial charge in [-0.2, -0.15) is 0 Å². The maximum atomic E-state index is 12.7. The molecule has 7 heteroatoms. The average Bonchev–Trinajstić information content (AvgIpc) is 3.22. The summed E-state index contributed by atoms with van der Waals surface area (Å²) in [5, 5.41) is 11.7. The molecule has 2 N–H and O–H groups in total. The third-order valence-electron chi connectivity index (χ3n) is 4.85. The number of likely N-dealkylation sites (N-methyl/N-ethyl adjacent to an activating group) is 1. The van der Waals surface area contributed by atoms with Crippen molar-refractivity contribution in [1.29, 1.82) is 0 Å². The van der Waals surface area contributed by atoms with E-state index >= 15 is 0 Å². The highest BCUT2D eigenvalue weighted by molar-refractivity contribution is 5.96. The summed E-state index contributed by atoms with van der Waals surface area (Å²) in [4.78, 5) is 37.6. The van der Waals surface area contributed by atoms with Crippen molar-refractivity contribution in [3.63, 3.8) is 0 Å². The molecule has 7 nitrogen and oxygen atoms in total. The van der Waals surface area contributed by atoms with Gasteiger partial charge in [-0.3, -0.25) is 9.59 Å². The number of nitrogens with zero attached hydrogens (tertiary/aromatic N) is 1. The van der Waals surface area contributed by atoms with Gasteiger partial charge in [-0.25, -0.2) is 4.79 Å². The fourth-order valence-electron chi connectivity index (χ4n) is 3.32. The first-order valence-electron chi connectivity index (χ1n) is 9.61. The molecule has 2 atom stereocenters. The van der Waals surface area contributed by atoms with Crippen LogP contribution in [0.2, 0.25) is 0 Å². The van der Waals surface area contributed by atoms with Gasteiger partial charge in [0, 0.05) is 17.9 Å². The molecule has 2 amide bonds. The van der Waals surface area contributed by atoms with E-state index in [0.717, 1.165) is 11.3 Å². The first kappa shape index (κ1) is 20.5. The number of carboxylic acids is 1. The predicted octanol–water partition coefficient (Wildman–Crippen LogP) is 2.85. The Kier molecular flexibility index (Phi) is 6.61. The molecule has 0 aliphatic carbocycles. The monoisotopic (exact) mass is 396 g/mol. The third kappa shape index (κ3) is 5.20. The molecule has 0 bridgehead atoms. The fraction of sp³-hybridized carbons (Fsp3) is 0.318. The lowest BCUT2D eigenvalue weighted by molar-refractivity contribution is -0.150. The molecule has 0 spiro atoms. The van der Waals surface area contributed by atoms with E-state index in [1.54, 1.807) is 29.2 Å². The molecule has 0 saturated carbocycles. The topological polar surface area (TPSA) is 95.9 Å². The highest BCUT2D eigenvalue weighted by atomic mass is 16.5. The summed E-state index contributed by atoms with van der Waals surface area (Å²) < 4.78 is 5.25. The molecule has 3 rings (SSSR count). The Labute approximate surface area is 169 Å². The number of carbonyl (C=O) groups is 3. The molecule has 0 unspecified atom stereocenters. The third-order valence-corrected chi connectivity index (χ3v) is 4.85. The van der Waals surface area contributed by atoms with Gasteiger partial charge >= 0.3 is 5.97 Å². The number of carboxylic acid groups (broad SMARTS) is 1. The molecule has 1 saturated heterocycles. The first-order valence-corrected chi connectivity index (χ1v) is 9.61. The summed E-state index contributed by atoms with van der Waals surface area (Å²) in [6.45, 7) is 2.51. The summed E-state index contributed by atoms with van der Waals surface area (Å²) in [5.41, 5.74) is 2.27. The normalized spacial score (nSPS) is 18.2. The summed E-state index contributed by atoms with van der Waals surface area (Å²) >= 11 is 0. The maximum Gasteiger partial charge on any atom is 0.332 e. The van der Waals surface area contributed by atoms with Crippen LogP contribution in [0.3, 0.4) is 0 Å². The minimum absolute atomic E-state index is 0.00504. The molecule has 1 fully saturated rings. The molecule has 152 valence electrons. The molecule has 1 aliphatic heterocycles. The second kappa shape index (κ2) is 9.34. The zero-order valence-corrected chi connectivity index (χ0v) is 16.2. The van der Waals surface area contributed by atoms with Crippen LogP contribution in [-0.2, 0) is 25.5 Å². The van der Waals surface area contributed by atoms with E-state index in [2.05, 4.69) is 5.32 Å².